The van der Waals surface area contributed by atoms with Crippen LogP contribution in [0.4, 0.5) is 11.4 Å². The number of nitrogens with one attached hydrogen (secondary N) is 2. The highest BCUT2D eigenvalue weighted by Crippen LogP contribution is 2.40. The number of sulfonamides is 1. The van der Waals surface area contributed by atoms with Gasteiger partial charge in [-0.05, 0) is 59.7 Å². The zero-order chi connectivity index (χ0) is 29.5. The van der Waals surface area contributed by atoms with E-state index < -0.39 is 16.3 Å². The lowest BCUT2D eigenvalue weighted by molar-refractivity contribution is -0.245. The summed E-state index contributed by atoms with van der Waals surface area (Å²) < 4.78 is 41.3. The first kappa shape index (κ1) is 29.8. The van der Waals surface area contributed by atoms with Crippen molar-refractivity contribution in [2.24, 2.45) is 0 Å². The third-order valence-electron chi connectivity index (χ3n) is 6.69. The van der Waals surface area contributed by atoms with Gasteiger partial charge in [-0.3, -0.25) is 9.52 Å². The van der Waals surface area contributed by atoms with Crippen molar-refractivity contribution in [3.8, 4) is 0 Å². The van der Waals surface area contributed by atoms with Gasteiger partial charge in [0.05, 0.1) is 23.7 Å². The van der Waals surface area contributed by atoms with Crippen LogP contribution in [0.1, 0.15) is 42.4 Å². The smallest absolute Gasteiger partial charge is 0.261 e. The molecule has 0 aliphatic carbocycles. The second kappa shape index (κ2) is 13.5. The van der Waals surface area contributed by atoms with Crippen molar-refractivity contribution in [1.82, 2.24) is 0 Å². The first-order valence-corrected chi connectivity index (χ1v) is 15.9. The minimum Gasteiger partial charge on any atom is -0.392 e. The van der Waals surface area contributed by atoms with Gasteiger partial charge in [-0.25, -0.2) is 8.42 Å². The van der Waals surface area contributed by atoms with Crippen molar-refractivity contribution in [2.45, 2.75) is 48.2 Å². The summed E-state index contributed by atoms with van der Waals surface area (Å²) in [5.74, 6) is 0.539. The quantitative estimate of drug-likeness (QED) is 0.183. The van der Waals surface area contributed by atoms with Gasteiger partial charge in [-0.15, -0.1) is 11.8 Å². The highest BCUT2D eigenvalue weighted by atomic mass is 32.2. The number of carbonyl (C=O) groups is 1. The lowest BCUT2D eigenvalue weighted by atomic mass is 10.0. The lowest BCUT2D eigenvalue weighted by Crippen LogP contribution is -2.31. The van der Waals surface area contributed by atoms with Gasteiger partial charge in [-0.1, -0.05) is 54.6 Å². The average Bonchev–Trinajstić information content (AvgIpc) is 3.01. The molecule has 1 amide bonds. The minimum absolute atomic E-state index is 0.0385. The van der Waals surface area contributed by atoms with Gasteiger partial charge in [-0.2, -0.15) is 0 Å². The van der Waals surface area contributed by atoms with Crippen LogP contribution in [0.2, 0.25) is 0 Å². The highest BCUT2D eigenvalue weighted by molar-refractivity contribution is 7.99. The summed E-state index contributed by atoms with van der Waals surface area (Å²) in [6.07, 6.45) is -0.549. The molecule has 0 aromatic heterocycles. The molecule has 8 nitrogen and oxygen atoms in total. The van der Waals surface area contributed by atoms with Crippen molar-refractivity contribution < 1.29 is 27.8 Å². The van der Waals surface area contributed by atoms with Crippen molar-refractivity contribution >= 4 is 39.1 Å². The molecule has 0 bridgehead atoms. The number of hydrogen-bond acceptors (Lipinski definition) is 7. The zero-order valence-corrected chi connectivity index (χ0v) is 24.6. The third-order valence-corrected chi connectivity index (χ3v) is 9.23. The molecule has 3 N–H and O–H groups in total. The number of anilines is 2. The van der Waals surface area contributed by atoms with Gasteiger partial charge in [0.15, 0.2) is 6.29 Å². The molecule has 0 unspecified atom stereocenters. The van der Waals surface area contributed by atoms with Crippen molar-refractivity contribution in [3.63, 3.8) is 0 Å². The highest BCUT2D eigenvalue weighted by Gasteiger charge is 2.32. The van der Waals surface area contributed by atoms with Gasteiger partial charge in [0, 0.05) is 40.9 Å². The van der Waals surface area contributed by atoms with E-state index in [4.69, 9.17) is 9.47 Å². The van der Waals surface area contributed by atoms with E-state index in [1.165, 1.54) is 6.92 Å². The Morgan fingerprint density at radius 2 is 1.62 bits per heavy atom. The molecule has 1 fully saturated rings. The largest absolute Gasteiger partial charge is 0.392 e. The van der Waals surface area contributed by atoms with Gasteiger partial charge in [0.25, 0.3) is 10.0 Å². The summed E-state index contributed by atoms with van der Waals surface area (Å²) >= 11 is 1.65. The molecule has 0 saturated carbocycles. The van der Waals surface area contributed by atoms with Crippen molar-refractivity contribution in [3.05, 3.63) is 120 Å². The van der Waals surface area contributed by atoms with Crippen LogP contribution in [0.5, 0.6) is 0 Å². The Morgan fingerprint density at radius 3 is 2.31 bits per heavy atom. The maximum Gasteiger partial charge on any atom is 0.261 e. The molecular formula is C32H32N2O6S2. The van der Waals surface area contributed by atoms with E-state index in [1.54, 1.807) is 60.3 Å². The van der Waals surface area contributed by atoms with Crippen LogP contribution in [0.3, 0.4) is 0 Å². The maximum atomic E-state index is 12.9. The van der Waals surface area contributed by atoms with Gasteiger partial charge < -0.3 is 19.9 Å². The van der Waals surface area contributed by atoms with Crippen LogP contribution in [-0.4, -0.2) is 31.3 Å². The summed E-state index contributed by atoms with van der Waals surface area (Å²) in [7, 11) is -3.76. The fourth-order valence-electron chi connectivity index (χ4n) is 4.61. The van der Waals surface area contributed by atoms with Crippen LogP contribution in [-0.2, 0) is 30.9 Å². The molecule has 4 aromatic carbocycles. The van der Waals surface area contributed by atoms with Crippen molar-refractivity contribution in [1.29, 1.82) is 0 Å². The average molecular weight is 605 g/mol. The first-order valence-electron chi connectivity index (χ1n) is 13.5. The number of carbonyl (C=O) groups excluding carboxylic acids is 1. The van der Waals surface area contributed by atoms with E-state index >= 15 is 0 Å². The number of thioether (sulfide) groups is 1. The summed E-state index contributed by atoms with van der Waals surface area (Å²) in [5, 5.41) is 12.2. The molecule has 3 atom stereocenters. The fraction of sp³-hybridized carbons (Fsp3) is 0.219. The molecule has 4 aromatic rings. The molecule has 1 aliphatic rings. The summed E-state index contributed by atoms with van der Waals surface area (Å²) in [4.78, 5) is 12.5. The zero-order valence-electron chi connectivity index (χ0n) is 23.0. The summed E-state index contributed by atoms with van der Waals surface area (Å²) in [6, 6.07) is 30.6. The molecule has 1 saturated heterocycles. The fourth-order valence-corrected chi connectivity index (χ4v) is 6.60. The molecule has 10 heteroatoms. The summed E-state index contributed by atoms with van der Waals surface area (Å²) in [6.45, 7) is 1.44. The van der Waals surface area contributed by atoms with E-state index in [0.717, 1.165) is 21.7 Å². The van der Waals surface area contributed by atoms with Gasteiger partial charge >= 0.3 is 0 Å². The van der Waals surface area contributed by atoms with Crippen LogP contribution < -0.4 is 10.0 Å². The Balaban J connectivity index is 1.34. The Bertz CT molecular complexity index is 1600. The number of ether oxygens (including phenoxy) is 2. The number of aliphatic hydroxyl groups excluding tert-OH is 1. The second-order valence-corrected chi connectivity index (χ2v) is 12.7. The number of benzene rings is 4. The Kier molecular flexibility index (Phi) is 9.61. The molecule has 1 heterocycles. The monoisotopic (exact) mass is 604 g/mol. The predicted molar refractivity (Wildman–Crippen MR) is 164 cm³/mol. The van der Waals surface area contributed by atoms with E-state index in [2.05, 4.69) is 10.0 Å². The molecular weight excluding hydrogens is 572 g/mol. The Hall–Kier alpha value is -3.67. The molecule has 218 valence electrons. The van der Waals surface area contributed by atoms with E-state index in [0.29, 0.717) is 23.4 Å². The number of amides is 1. The minimum atomic E-state index is -3.76. The van der Waals surface area contributed by atoms with Crippen molar-refractivity contribution in [2.75, 3.05) is 15.8 Å². The summed E-state index contributed by atoms with van der Waals surface area (Å²) in [5.41, 5.74) is 3.62. The molecule has 5 rings (SSSR count). The van der Waals surface area contributed by atoms with Gasteiger partial charge in [0.1, 0.15) is 0 Å². The van der Waals surface area contributed by atoms with Crippen LogP contribution >= 0.6 is 11.8 Å². The normalized spacial score (nSPS) is 18.8. The Morgan fingerprint density at radius 1 is 0.881 bits per heavy atom. The number of rotatable bonds is 10. The molecule has 0 radical (unpaired) electrons. The SMILES string of the molecule is CC(=O)Nc1ccc(SC[C@@H]2C[C@H](c3ccc(CO)cc3)O[C@H](c3cccc(NS(=O)(=O)c4ccccc4)c3)O2)cc1. The predicted octanol–water partition coefficient (Wildman–Crippen LogP) is 6.28. The Labute approximate surface area is 250 Å². The number of hydrogen-bond donors (Lipinski definition) is 3. The van der Waals surface area contributed by atoms with E-state index in [9.17, 15) is 18.3 Å². The maximum absolute atomic E-state index is 12.9. The standard InChI is InChI=1S/C32H32N2O6S2/c1-22(36)33-26-14-16-29(17-15-26)41-21-28-19-31(24-12-10-23(20-35)11-13-24)40-32(39-28)25-6-5-7-27(18-25)34-42(37,38)30-8-3-2-4-9-30/h2-18,28,31-32,34-35H,19-21H2,1H3,(H,33,36)/t28-,31+,32+/m0/s1. The van der Waals surface area contributed by atoms with Gasteiger partial charge in [0.2, 0.25) is 5.91 Å². The molecule has 1 aliphatic heterocycles. The van der Waals surface area contributed by atoms with Crippen LogP contribution in [0.25, 0.3) is 0 Å². The first-order chi connectivity index (χ1) is 20.3. The van der Waals surface area contributed by atoms with Crippen LogP contribution in [0, 0.1) is 0 Å². The van der Waals surface area contributed by atoms with E-state index in [1.807, 2.05) is 54.6 Å². The molecule has 42 heavy (non-hydrogen) atoms. The van der Waals surface area contributed by atoms with E-state index in [-0.39, 0.29) is 29.6 Å². The third kappa shape index (κ3) is 7.78. The second-order valence-electron chi connectivity index (χ2n) is 9.91. The topological polar surface area (TPSA) is 114 Å². The van der Waals surface area contributed by atoms with Crippen LogP contribution in [0.15, 0.2) is 113 Å². The molecule has 0 spiro atoms. The number of aliphatic hydroxyl groups is 1. The lowest BCUT2D eigenvalue weighted by Gasteiger charge is -2.36.